The highest BCUT2D eigenvalue weighted by Crippen LogP contribution is 2.20. The Kier molecular flexibility index (Phi) is 4.80. The van der Waals surface area contributed by atoms with E-state index in [2.05, 4.69) is 0 Å². The Morgan fingerprint density at radius 3 is 2.68 bits per heavy atom. The van der Waals surface area contributed by atoms with E-state index in [1.54, 1.807) is 0 Å². The summed E-state index contributed by atoms with van der Waals surface area (Å²) < 4.78 is 5.22. The summed E-state index contributed by atoms with van der Waals surface area (Å²) in [7, 11) is 0. The van der Waals surface area contributed by atoms with Gasteiger partial charge in [0.2, 0.25) is 5.24 Å². The predicted molar refractivity (Wildman–Crippen MR) is 71.8 cm³/mol. The maximum absolute atomic E-state index is 12.0. The zero-order valence-electron chi connectivity index (χ0n) is 10.5. The van der Waals surface area contributed by atoms with Crippen molar-refractivity contribution >= 4 is 22.9 Å². The molecule has 1 aliphatic rings. The summed E-state index contributed by atoms with van der Waals surface area (Å²) in [6.45, 7) is 0.732. The number of nitrogens with zero attached hydrogens (tertiary/aromatic N) is 1. The van der Waals surface area contributed by atoms with Gasteiger partial charge in [0.05, 0.1) is 0 Å². The summed E-state index contributed by atoms with van der Waals surface area (Å²) in [4.78, 5) is 24.7. The van der Waals surface area contributed by atoms with Gasteiger partial charge < -0.3 is 4.74 Å². The predicted octanol–water partition coefficient (Wildman–Crippen LogP) is 2.94. The molecule has 0 spiro atoms. The SMILES string of the molecule is O=C(Cl)[C@H]1CCCCN1C(=O)OCc1ccccc1. The van der Waals surface area contributed by atoms with Crippen LogP contribution in [0.2, 0.25) is 0 Å². The second-order valence-electron chi connectivity index (χ2n) is 4.55. The van der Waals surface area contributed by atoms with Crippen LogP contribution in [-0.2, 0) is 16.1 Å². The third-order valence-corrected chi connectivity index (χ3v) is 3.46. The van der Waals surface area contributed by atoms with Gasteiger partial charge in [-0.1, -0.05) is 30.3 Å². The van der Waals surface area contributed by atoms with Crippen molar-refractivity contribution in [2.75, 3.05) is 6.54 Å². The molecule has 0 unspecified atom stereocenters. The fraction of sp³-hybridized carbons (Fsp3) is 0.429. The number of hydrogen-bond acceptors (Lipinski definition) is 3. The normalized spacial score (nSPS) is 19.0. The van der Waals surface area contributed by atoms with Crippen LogP contribution in [0.15, 0.2) is 30.3 Å². The van der Waals surface area contributed by atoms with E-state index in [1.165, 1.54) is 4.90 Å². The largest absolute Gasteiger partial charge is 0.445 e. The Balaban J connectivity index is 1.93. The van der Waals surface area contributed by atoms with Crippen LogP contribution in [-0.4, -0.2) is 28.8 Å². The van der Waals surface area contributed by atoms with Crippen LogP contribution in [0.5, 0.6) is 0 Å². The number of carbonyl (C=O) groups is 2. The van der Waals surface area contributed by atoms with E-state index < -0.39 is 17.4 Å². The number of likely N-dealkylation sites (tertiary alicyclic amines) is 1. The quantitative estimate of drug-likeness (QED) is 0.800. The van der Waals surface area contributed by atoms with Crippen LogP contribution in [0.3, 0.4) is 0 Å². The molecule has 1 aromatic rings. The maximum Gasteiger partial charge on any atom is 0.410 e. The van der Waals surface area contributed by atoms with E-state index in [9.17, 15) is 9.59 Å². The van der Waals surface area contributed by atoms with Gasteiger partial charge in [0.25, 0.3) is 0 Å². The van der Waals surface area contributed by atoms with Gasteiger partial charge in [-0.3, -0.25) is 9.69 Å². The third kappa shape index (κ3) is 3.70. The number of benzene rings is 1. The summed E-state index contributed by atoms with van der Waals surface area (Å²) in [5.74, 6) is 0. The lowest BCUT2D eigenvalue weighted by atomic mass is 10.0. The van der Waals surface area contributed by atoms with E-state index in [-0.39, 0.29) is 6.61 Å². The average Bonchev–Trinajstić information content (AvgIpc) is 2.46. The molecule has 1 fully saturated rings. The molecule has 102 valence electrons. The molecule has 1 saturated heterocycles. The van der Waals surface area contributed by atoms with Crippen LogP contribution < -0.4 is 0 Å². The number of carbonyl (C=O) groups excluding carboxylic acids is 2. The molecule has 1 aromatic carbocycles. The molecular weight excluding hydrogens is 266 g/mol. The van der Waals surface area contributed by atoms with Gasteiger partial charge in [-0.15, -0.1) is 0 Å². The monoisotopic (exact) mass is 281 g/mol. The molecule has 19 heavy (non-hydrogen) atoms. The Morgan fingerprint density at radius 2 is 2.00 bits per heavy atom. The second kappa shape index (κ2) is 6.57. The number of halogens is 1. The highest BCUT2D eigenvalue weighted by atomic mass is 35.5. The van der Waals surface area contributed by atoms with Gasteiger partial charge in [0.1, 0.15) is 12.6 Å². The third-order valence-electron chi connectivity index (χ3n) is 3.20. The molecule has 1 aliphatic heterocycles. The molecule has 0 N–H and O–H groups in total. The molecule has 0 bridgehead atoms. The molecule has 4 nitrogen and oxygen atoms in total. The van der Waals surface area contributed by atoms with E-state index in [1.807, 2.05) is 30.3 Å². The topological polar surface area (TPSA) is 46.6 Å². The van der Waals surface area contributed by atoms with Crippen molar-refractivity contribution in [2.45, 2.75) is 31.9 Å². The average molecular weight is 282 g/mol. The molecule has 0 aromatic heterocycles. The minimum absolute atomic E-state index is 0.208. The summed E-state index contributed by atoms with van der Waals surface area (Å²) >= 11 is 5.52. The molecule has 5 heteroatoms. The number of piperidine rings is 1. The fourth-order valence-electron chi connectivity index (χ4n) is 2.19. The second-order valence-corrected chi connectivity index (χ2v) is 4.92. The van der Waals surface area contributed by atoms with E-state index in [0.29, 0.717) is 13.0 Å². The van der Waals surface area contributed by atoms with Crippen molar-refractivity contribution in [3.05, 3.63) is 35.9 Å². The van der Waals surface area contributed by atoms with Crippen molar-refractivity contribution in [1.29, 1.82) is 0 Å². The van der Waals surface area contributed by atoms with E-state index >= 15 is 0 Å². The first kappa shape index (κ1) is 13.9. The summed E-state index contributed by atoms with van der Waals surface area (Å²) in [6.07, 6.45) is 1.93. The number of amides is 1. The van der Waals surface area contributed by atoms with Gasteiger partial charge in [-0.25, -0.2) is 4.79 Å². The van der Waals surface area contributed by atoms with Gasteiger partial charge >= 0.3 is 6.09 Å². The molecule has 0 aliphatic carbocycles. The van der Waals surface area contributed by atoms with Crippen molar-refractivity contribution in [2.24, 2.45) is 0 Å². The van der Waals surface area contributed by atoms with Gasteiger partial charge in [-0.05, 0) is 36.4 Å². The van der Waals surface area contributed by atoms with Crippen LogP contribution in [0.25, 0.3) is 0 Å². The van der Waals surface area contributed by atoms with Crippen LogP contribution in [0.4, 0.5) is 4.79 Å². The highest BCUT2D eigenvalue weighted by molar-refractivity contribution is 6.64. The summed E-state index contributed by atoms with van der Waals surface area (Å²) in [5, 5.41) is -0.489. The lowest BCUT2D eigenvalue weighted by molar-refractivity contribution is -0.117. The zero-order valence-corrected chi connectivity index (χ0v) is 11.3. The zero-order chi connectivity index (χ0) is 13.7. The van der Waals surface area contributed by atoms with Gasteiger partial charge in [-0.2, -0.15) is 0 Å². The molecular formula is C14H16ClNO3. The number of ether oxygens (including phenoxy) is 1. The minimum Gasteiger partial charge on any atom is -0.445 e. The Morgan fingerprint density at radius 1 is 1.26 bits per heavy atom. The molecule has 1 amide bonds. The first-order valence-corrected chi connectivity index (χ1v) is 6.73. The Labute approximate surface area is 117 Å². The number of rotatable bonds is 3. The van der Waals surface area contributed by atoms with Gasteiger partial charge in [0.15, 0.2) is 0 Å². The van der Waals surface area contributed by atoms with Crippen LogP contribution >= 0.6 is 11.6 Å². The Bertz CT molecular complexity index is 449. The van der Waals surface area contributed by atoms with Crippen LogP contribution in [0.1, 0.15) is 24.8 Å². The fourth-order valence-corrected chi connectivity index (χ4v) is 2.42. The smallest absolute Gasteiger partial charge is 0.410 e. The van der Waals surface area contributed by atoms with Gasteiger partial charge in [0, 0.05) is 6.54 Å². The molecule has 0 saturated carbocycles. The first-order chi connectivity index (χ1) is 9.18. The molecule has 1 atom stereocenters. The van der Waals surface area contributed by atoms with E-state index in [4.69, 9.17) is 16.3 Å². The van der Waals surface area contributed by atoms with Crippen LogP contribution in [0, 0.1) is 0 Å². The Hall–Kier alpha value is -1.55. The van der Waals surface area contributed by atoms with E-state index in [0.717, 1.165) is 18.4 Å². The molecule has 0 radical (unpaired) electrons. The van der Waals surface area contributed by atoms with Crippen molar-refractivity contribution < 1.29 is 14.3 Å². The summed E-state index contributed by atoms with van der Waals surface area (Å²) in [6, 6.07) is 8.89. The first-order valence-electron chi connectivity index (χ1n) is 6.35. The lowest BCUT2D eigenvalue weighted by Crippen LogP contribution is -2.46. The summed E-state index contributed by atoms with van der Waals surface area (Å²) in [5.41, 5.74) is 0.918. The lowest BCUT2D eigenvalue weighted by Gasteiger charge is -2.32. The minimum atomic E-state index is -0.543. The van der Waals surface area contributed by atoms with Crippen molar-refractivity contribution in [1.82, 2.24) is 4.90 Å². The maximum atomic E-state index is 12.0. The van der Waals surface area contributed by atoms with Crippen molar-refractivity contribution in [3.8, 4) is 0 Å². The van der Waals surface area contributed by atoms with Crippen molar-refractivity contribution in [3.63, 3.8) is 0 Å². The molecule has 2 rings (SSSR count). The standard InChI is InChI=1S/C14H16ClNO3/c15-13(17)12-8-4-5-9-16(12)14(18)19-10-11-6-2-1-3-7-11/h1-3,6-7,12H,4-5,8-10H2/t12-/m1/s1. The molecule has 1 heterocycles. The number of hydrogen-bond donors (Lipinski definition) is 0. The highest BCUT2D eigenvalue weighted by Gasteiger charge is 2.32.